The lowest BCUT2D eigenvalue weighted by Crippen LogP contribution is -2.26. The summed E-state index contributed by atoms with van der Waals surface area (Å²) in [5.74, 6) is -1.69. The maximum atomic E-state index is 13.6. The van der Waals surface area contributed by atoms with Crippen molar-refractivity contribution in [3.05, 3.63) is 29.8 Å². The van der Waals surface area contributed by atoms with Gasteiger partial charge in [-0.1, -0.05) is 17.8 Å². The third-order valence-corrected chi connectivity index (χ3v) is 3.99. The number of thioether (sulfide) groups is 1. The Bertz CT molecular complexity index is 521. The van der Waals surface area contributed by atoms with Crippen LogP contribution in [0.15, 0.2) is 18.2 Å². The van der Waals surface area contributed by atoms with Gasteiger partial charge in [-0.05, 0) is 18.1 Å². The van der Waals surface area contributed by atoms with E-state index in [2.05, 4.69) is 0 Å². The summed E-state index contributed by atoms with van der Waals surface area (Å²) in [5.41, 5.74) is -0.0275. The van der Waals surface area contributed by atoms with Crippen LogP contribution in [0.4, 0.5) is 14.5 Å². The van der Waals surface area contributed by atoms with Crippen LogP contribution in [0.5, 0.6) is 0 Å². The van der Waals surface area contributed by atoms with Crippen molar-refractivity contribution in [2.24, 2.45) is 5.92 Å². The van der Waals surface area contributed by atoms with E-state index >= 15 is 0 Å². The van der Waals surface area contributed by atoms with Gasteiger partial charge in [0.15, 0.2) is 16.7 Å². The summed E-state index contributed by atoms with van der Waals surface area (Å²) < 4.78 is 26.8. The van der Waals surface area contributed by atoms with E-state index in [1.54, 1.807) is 0 Å². The molecule has 1 fully saturated rings. The lowest BCUT2D eigenvalue weighted by atomic mass is 10.1. The number of hydrogen-bond donors (Lipinski definition) is 0. The molecule has 0 spiro atoms. The molecule has 1 unspecified atom stereocenters. The number of benzene rings is 1. The third kappa shape index (κ3) is 3.12. The van der Waals surface area contributed by atoms with Crippen LogP contribution in [0.25, 0.3) is 0 Å². The van der Waals surface area contributed by atoms with Gasteiger partial charge in [-0.2, -0.15) is 0 Å². The zero-order chi connectivity index (χ0) is 14.0. The van der Waals surface area contributed by atoms with Crippen LogP contribution in [-0.2, 0) is 9.59 Å². The second-order valence-corrected chi connectivity index (χ2v) is 5.65. The lowest BCUT2D eigenvalue weighted by molar-refractivity contribution is -0.117. The van der Waals surface area contributed by atoms with Gasteiger partial charge in [-0.25, -0.2) is 8.78 Å². The molecule has 1 aliphatic rings. The van der Waals surface area contributed by atoms with Crippen molar-refractivity contribution in [3.8, 4) is 0 Å². The molecule has 1 saturated heterocycles. The normalized spacial score (nSPS) is 19.0. The van der Waals surface area contributed by atoms with Crippen LogP contribution in [0.3, 0.4) is 0 Å². The average molecular weight is 285 g/mol. The molecule has 102 valence electrons. The van der Waals surface area contributed by atoms with Crippen molar-refractivity contribution in [2.75, 3.05) is 17.2 Å². The van der Waals surface area contributed by atoms with E-state index in [1.807, 2.05) is 0 Å². The van der Waals surface area contributed by atoms with Gasteiger partial charge in [0.05, 0.1) is 5.69 Å². The van der Waals surface area contributed by atoms with Gasteiger partial charge >= 0.3 is 0 Å². The number of nitrogens with zero attached hydrogens (tertiary/aromatic N) is 1. The van der Waals surface area contributed by atoms with Crippen molar-refractivity contribution in [3.63, 3.8) is 0 Å². The summed E-state index contributed by atoms with van der Waals surface area (Å²) in [4.78, 5) is 24.0. The zero-order valence-corrected chi connectivity index (χ0v) is 11.2. The zero-order valence-electron chi connectivity index (χ0n) is 10.4. The van der Waals surface area contributed by atoms with Crippen molar-refractivity contribution < 1.29 is 18.4 Å². The van der Waals surface area contributed by atoms with Crippen molar-refractivity contribution in [1.82, 2.24) is 0 Å². The molecule has 1 atom stereocenters. The van der Waals surface area contributed by atoms with E-state index < -0.39 is 11.6 Å². The standard InChI is InChI=1S/C13H13F2NO2S/c1-8(17)19-7-9-5-12(18)16(6-9)11-4-2-3-10(14)13(11)15/h2-4,9H,5-7H2,1H3. The Morgan fingerprint density at radius 1 is 1.47 bits per heavy atom. The number of carbonyl (C=O) groups excluding carboxylic acids is 2. The highest BCUT2D eigenvalue weighted by molar-refractivity contribution is 8.13. The first kappa shape index (κ1) is 14.0. The molecule has 0 N–H and O–H groups in total. The van der Waals surface area contributed by atoms with E-state index in [-0.39, 0.29) is 29.0 Å². The Morgan fingerprint density at radius 2 is 2.21 bits per heavy atom. The maximum absolute atomic E-state index is 13.6. The van der Waals surface area contributed by atoms with Crippen LogP contribution in [0.1, 0.15) is 13.3 Å². The lowest BCUT2D eigenvalue weighted by Gasteiger charge is -2.17. The molecule has 0 radical (unpaired) electrons. The first-order valence-electron chi connectivity index (χ1n) is 5.86. The van der Waals surface area contributed by atoms with Gasteiger partial charge in [0, 0.05) is 25.6 Å². The quantitative estimate of drug-likeness (QED) is 0.856. The molecule has 0 bridgehead atoms. The molecule has 0 aromatic heterocycles. The molecule has 1 heterocycles. The highest BCUT2D eigenvalue weighted by Gasteiger charge is 2.32. The molecule has 0 aliphatic carbocycles. The van der Waals surface area contributed by atoms with Crippen LogP contribution >= 0.6 is 11.8 Å². The smallest absolute Gasteiger partial charge is 0.227 e. The van der Waals surface area contributed by atoms with E-state index in [0.29, 0.717) is 12.3 Å². The number of halogens is 2. The Morgan fingerprint density at radius 3 is 2.89 bits per heavy atom. The molecule has 1 amide bonds. The fourth-order valence-electron chi connectivity index (χ4n) is 2.06. The highest BCUT2D eigenvalue weighted by atomic mass is 32.2. The van der Waals surface area contributed by atoms with E-state index in [1.165, 1.54) is 24.0 Å². The van der Waals surface area contributed by atoms with Gasteiger partial charge in [-0.15, -0.1) is 0 Å². The fraction of sp³-hybridized carbons (Fsp3) is 0.385. The minimum Gasteiger partial charge on any atom is -0.309 e. The van der Waals surface area contributed by atoms with Crippen molar-refractivity contribution >= 4 is 28.5 Å². The Labute approximate surface area is 114 Å². The second-order valence-electron chi connectivity index (χ2n) is 4.45. The van der Waals surface area contributed by atoms with E-state index in [9.17, 15) is 18.4 Å². The maximum Gasteiger partial charge on any atom is 0.227 e. The first-order valence-corrected chi connectivity index (χ1v) is 6.85. The summed E-state index contributed by atoms with van der Waals surface area (Å²) >= 11 is 1.15. The number of anilines is 1. The van der Waals surface area contributed by atoms with Crippen LogP contribution < -0.4 is 4.90 Å². The van der Waals surface area contributed by atoms with Gasteiger partial charge in [0.2, 0.25) is 5.91 Å². The summed E-state index contributed by atoms with van der Waals surface area (Å²) in [6.07, 6.45) is 0.260. The molecule has 0 saturated carbocycles. The highest BCUT2D eigenvalue weighted by Crippen LogP contribution is 2.30. The number of rotatable bonds is 3. The minimum absolute atomic E-state index is 0.0101. The van der Waals surface area contributed by atoms with E-state index in [0.717, 1.165) is 17.8 Å². The predicted molar refractivity (Wildman–Crippen MR) is 70.0 cm³/mol. The SMILES string of the molecule is CC(=O)SCC1CC(=O)N(c2cccc(F)c2F)C1. The number of hydrogen-bond acceptors (Lipinski definition) is 3. The number of carbonyl (C=O) groups is 2. The molecule has 19 heavy (non-hydrogen) atoms. The summed E-state index contributed by atoms with van der Waals surface area (Å²) in [6.45, 7) is 1.78. The topological polar surface area (TPSA) is 37.4 Å². The van der Waals surface area contributed by atoms with Gasteiger partial charge in [0.25, 0.3) is 0 Å². The van der Waals surface area contributed by atoms with Crippen molar-refractivity contribution in [1.29, 1.82) is 0 Å². The molecule has 2 rings (SSSR count). The molecule has 6 heteroatoms. The summed E-state index contributed by atoms with van der Waals surface area (Å²) in [6, 6.07) is 3.78. The molecular weight excluding hydrogens is 272 g/mol. The largest absolute Gasteiger partial charge is 0.309 e. The van der Waals surface area contributed by atoms with Gasteiger partial charge < -0.3 is 4.90 Å². The summed E-state index contributed by atoms with van der Waals surface area (Å²) in [5, 5.41) is -0.0113. The number of amides is 1. The van der Waals surface area contributed by atoms with Gasteiger partial charge in [0.1, 0.15) is 0 Å². The first-order chi connectivity index (χ1) is 8.99. The second kappa shape index (κ2) is 5.69. The Balaban J connectivity index is 2.11. The predicted octanol–water partition coefficient (Wildman–Crippen LogP) is 2.60. The van der Waals surface area contributed by atoms with Crippen LogP contribution in [0, 0.1) is 17.6 Å². The van der Waals surface area contributed by atoms with Crippen molar-refractivity contribution in [2.45, 2.75) is 13.3 Å². The molecular formula is C13H13F2NO2S. The third-order valence-electron chi connectivity index (χ3n) is 2.95. The summed E-state index contributed by atoms with van der Waals surface area (Å²) in [7, 11) is 0. The Kier molecular flexibility index (Phi) is 4.19. The minimum atomic E-state index is -1.00. The van der Waals surface area contributed by atoms with Crippen LogP contribution in [0.2, 0.25) is 0 Å². The molecule has 1 aromatic carbocycles. The molecule has 1 aromatic rings. The van der Waals surface area contributed by atoms with Gasteiger partial charge in [-0.3, -0.25) is 9.59 Å². The van der Waals surface area contributed by atoms with E-state index in [4.69, 9.17) is 0 Å². The average Bonchev–Trinajstić information content (AvgIpc) is 2.71. The monoisotopic (exact) mass is 285 g/mol. The Hall–Kier alpha value is -1.43. The fourth-order valence-corrected chi connectivity index (χ4v) is 2.76. The van der Waals surface area contributed by atoms with Crippen LogP contribution in [-0.4, -0.2) is 23.3 Å². The molecule has 3 nitrogen and oxygen atoms in total. The molecule has 1 aliphatic heterocycles.